The van der Waals surface area contributed by atoms with Crippen LogP contribution in [0.3, 0.4) is 0 Å². The first-order chi connectivity index (χ1) is 8.59. The molecule has 1 aromatic rings. The number of aliphatic hydroxyl groups excluding tert-OH is 3. The quantitative estimate of drug-likeness (QED) is 0.549. The van der Waals surface area contributed by atoms with Crippen LogP contribution in [0.5, 0.6) is 0 Å². The predicted molar refractivity (Wildman–Crippen MR) is 61.9 cm³/mol. The van der Waals surface area contributed by atoms with Gasteiger partial charge in [-0.15, -0.1) is 0 Å². The van der Waals surface area contributed by atoms with Crippen LogP contribution in [0.25, 0.3) is 0 Å². The van der Waals surface area contributed by atoms with E-state index in [9.17, 15) is 4.39 Å². The summed E-state index contributed by atoms with van der Waals surface area (Å²) in [6, 6.07) is 5.68. The maximum Gasteiger partial charge on any atom is 0.124 e. The van der Waals surface area contributed by atoms with Crippen LogP contribution in [0.4, 0.5) is 4.39 Å². The molecule has 0 aliphatic rings. The number of benzene rings is 1. The molecule has 1 rings (SSSR count). The van der Waals surface area contributed by atoms with Crippen molar-refractivity contribution in [3.05, 3.63) is 35.1 Å². The summed E-state index contributed by atoms with van der Waals surface area (Å²) in [4.78, 5) is 0. The number of halogens is 1. The SMILES string of the molecule is N#Cc1cc(F)cc(CNC(CO)(CO)CO)c1. The molecule has 1 aromatic carbocycles. The number of nitriles is 1. The van der Waals surface area contributed by atoms with Crippen molar-refractivity contribution in [3.8, 4) is 6.07 Å². The molecule has 0 saturated heterocycles. The van der Waals surface area contributed by atoms with E-state index in [-0.39, 0.29) is 12.1 Å². The minimum Gasteiger partial charge on any atom is -0.394 e. The lowest BCUT2D eigenvalue weighted by molar-refractivity contribution is 0.0413. The second-order valence-electron chi connectivity index (χ2n) is 4.07. The van der Waals surface area contributed by atoms with E-state index >= 15 is 0 Å². The molecule has 0 spiro atoms. The second-order valence-corrected chi connectivity index (χ2v) is 4.07. The Balaban J connectivity index is 2.80. The van der Waals surface area contributed by atoms with Crippen molar-refractivity contribution in [1.29, 1.82) is 5.26 Å². The largest absolute Gasteiger partial charge is 0.394 e. The topological polar surface area (TPSA) is 96.5 Å². The first-order valence-electron chi connectivity index (χ1n) is 5.36. The van der Waals surface area contributed by atoms with Crippen molar-refractivity contribution in [2.24, 2.45) is 0 Å². The van der Waals surface area contributed by atoms with E-state index in [0.717, 1.165) is 6.07 Å². The molecule has 0 aliphatic carbocycles. The van der Waals surface area contributed by atoms with Crippen LogP contribution < -0.4 is 5.32 Å². The van der Waals surface area contributed by atoms with E-state index in [1.165, 1.54) is 12.1 Å². The number of hydrogen-bond acceptors (Lipinski definition) is 5. The maximum absolute atomic E-state index is 13.2. The zero-order valence-electron chi connectivity index (χ0n) is 9.73. The third-order valence-corrected chi connectivity index (χ3v) is 2.66. The minimum atomic E-state index is -1.22. The van der Waals surface area contributed by atoms with E-state index in [4.69, 9.17) is 20.6 Å². The Hall–Kier alpha value is -1.52. The summed E-state index contributed by atoms with van der Waals surface area (Å²) in [6.07, 6.45) is 0. The standard InChI is InChI=1S/C12H15FN2O3/c13-11-2-9(4-14)1-10(3-11)5-15-12(6-16,7-17)8-18/h1-3,15-18H,5-8H2. The summed E-state index contributed by atoms with van der Waals surface area (Å²) in [5.74, 6) is -0.534. The highest BCUT2D eigenvalue weighted by atomic mass is 19.1. The van der Waals surface area contributed by atoms with Gasteiger partial charge in [0.1, 0.15) is 5.82 Å². The molecule has 0 aliphatic heterocycles. The van der Waals surface area contributed by atoms with E-state index in [0.29, 0.717) is 5.56 Å². The van der Waals surface area contributed by atoms with Gasteiger partial charge in [-0.2, -0.15) is 5.26 Å². The number of aliphatic hydroxyl groups is 3. The number of rotatable bonds is 6. The molecule has 0 atom stereocenters. The molecule has 4 N–H and O–H groups in total. The van der Waals surface area contributed by atoms with Crippen LogP contribution in [0.1, 0.15) is 11.1 Å². The molecule has 5 nitrogen and oxygen atoms in total. The fraction of sp³-hybridized carbons (Fsp3) is 0.417. The monoisotopic (exact) mass is 254 g/mol. The predicted octanol–water partition coefficient (Wildman–Crippen LogP) is -0.497. The van der Waals surface area contributed by atoms with Crippen LogP contribution in [0, 0.1) is 17.1 Å². The van der Waals surface area contributed by atoms with Crippen molar-refractivity contribution >= 4 is 0 Å². The molecule has 18 heavy (non-hydrogen) atoms. The number of nitrogens with zero attached hydrogens (tertiary/aromatic N) is 1. The van der Waals surface area contributed by atoms with Gasteiger partial charge in [-0.3, -0.25) is 0 Å². The van der Waals surface area contributed by atoms with Gasteiger partial charge in [0.15, 0.2) is 0 Å². The van der Waals surface area contributed by atoms with Crippen molar-refractivity contribution < 1.29 is 19.7 Å². The van der Waals surface area contributed by atoms with Crippen molar-refractivity contribution in [2.45, 2.75) is 12.1 Å². The lowest BCUT2D eigenvalue weighted by atomic mass is 10.0. The van der Waals surface area contributed by atoms with E-state index < -0.39 is 31.2 Å². The Bertz CT molecular complexity index is 433. The van der Waals surface area contributed by atoms with Crippen molar-refractivity contribution in [1.82, 2.24) is 5.32 Å². The molecule has 0 heterocycles. The molecule has 0 radical (unpaired) electrons. The molecule has 0 unspecified atom stereocenters. The summed E-state index contributed by atoms with van der Waals surface area (Å²) in [6.45, 7) is -1.25. The third kappa shape index (κ3) is 3.48. The van der Waals surface area contributed by atoms with Gasteiger partial charge in [-0.05, 0) is 23.8 Å². The fourth-order valence-corrected chi connectivity index (χ4v) is 1.42. The second kappa shape index (κ2) is 6.42. The lowest BCUT2D eigenvalue weighted by Gasteiger charge is -2.28. The van der Waals surface area contributed by atoms with Crippen LogP contribution in [0.15, 0.2) is 18.2 Å². The zero-order valence-corrected chi connectivity index (χ0v) is 9.73. The Morgan fingerprint density at radius 1 is 1.17 bits per heavy atom. The average molecular weight is 254 g/mol. The van der Waals surface area contributed by atoms with Crippen molar-refractivity contribution in [2.75, 3.05) is 19.8 Å². The first-order valence-corrected chi connectivity index (χ1v) is 5.36. The fourth-order valence-electron chi connectivity index (χ4n) is 1.42. The first kappa shape index (κ1) is 14.5. The smallest absolute Gasteiger partial charge is 0.124 e. The van der Waals surface area contributed by atoms with Crippen LogP contribution in [0.2, 0.25) is 0 Å². The molecule has 0 amide bonds. The summed E-state index contributed by atoms with van der Waals surface area (Å²) < 4.78 is 13.2. The molecule has 0 fully saturated rings. The van der Waals surface area contributed by atoms with Gasteiger partial charge in [0.25, 0.3) is 0 Å². The van der Waals surface area contributed by atoms with Crippen LogP contribution in [-0.2, 0) is 6.54 Å². The number of nitrogens with one attached hydrogen (secondary N) is 1. The molecular formula is C12H15FN2O3. The summed E-state index contributed by atoms with van der Waals surface area (Å²) in [5.41, 5.74) is -0.542. The molecule has 98 valence electrons. The van der Waals surface area contributed by atoms with Gasteiger partial charge >= 0.3 is 0 Å². The van der Waals surface area contributed by atoms with Gasteiger partial charge < -0.3 is 20.6 Å². The highest BCUT2D eigenvalue weighted by molar-refractivity contribution is 5.33. The van der Waals surface area contributed by atoms with Crippen LogP contribution in [-0.4, -0.2) is 40.7 Å². The summed E-state index contributed by atoms with van der Waals surface area (Å²) in [5, 5.41) is 38.7. The Labute approximate surface area is 104 Å². The zero-order chi connectivity index (χ0) is 13.6. The highest BCUT2D eigenvalue weighted by Crippen LogP contribution is 2.10. The van der Waals surface area contributed by atoms with Gasteiger partial charge in [0.2, 0.25) is 0 Å². The minimum absolute atomic E-state index is 0.119. The average Bonchev–Trinajstić information content (AvgIpc) is 2.40. The van der Waals surface area contributed by atoms with Gasteiger partial charge in [0.05, 0.1) is 37.0 Å². The molecule has 0 saturated carbocycles. The summed E-state index contributed by atoms with van der Waals surface area (Å²) >= 11 is 0. The molecule has 0 aromatic heterocycles. The third-order valence-electron chi connectivity index (χ3n) is 2.66. The highest BCUT2D eigenvalue weighted by Gasteiger charge is 2.27. The Morgan fingerprint density at radius 2 is 1.78 bits per heavy atom. The van der Waals surface area contributed by atoms with E-state index in [1.54, 1.807) is 0 Å². The Morgan fingerprint density at radius 3 is 2.28 bits per heavy atom. The molecule has 0 bridgehead atoms. The Kier molecular flexibility index (Phi) is 5.19. The molecule has 6 heteroatoms. The normalized spacial score (nSPS) is 11.3. The maximum atomic E-state index is 13.2. The lowest BCUT2D eigenvalue weighted by Crippen LogP contribution is -2.54. The van der Waals surface area contributed by atoms with Crippen molar-refractivity contribution in [3.63, 3.8) is 0 Å². The van der Waals surface area contributed by atoms with Crippen LogP contribution >= 0.6 is 0 Å². The van der Waals surface area contributed by atoms with Gasteiger partial charge in [-0.1, -0.05) is 0 Å². The number of hydrogen-bond donors (Lipinski definition) is 4. The van der Waals surface area contributed by atoms with Gasteiger partial charge in [0, 0.05) is 6.54 Å². The van der Waals surface area contributed by atoms with E-state index in [1.807, 2.05) is 6.07 Å². The molecular weight excluding hydrogens is 239 g/mol. The van der Waals surface area contributed by atoms with Gasteiger partial charge in [-0.25, -0.2) is 4.39 Å². The van der Waals surface area contributed by atoms with E-state index in [2.05, 4.69) is 5.32 Å². The summed E-state index contributed by atoms with van der Waals surface area (Å²) in [7, 11) is 0.